The summed E-state index contributed by atoms with van der Waals surface area (Å²) >= 11 is 0. The van der Waals surface area contributed by atoms with E-state index in [4.69, 9.17) is 0 Å². The highest BCUT2D eigenvalue weighted by Gasteiger charge is 2.44. The van der Waals surface area contributed by atoms with Crippen molar-refractivity contribution in [3.05, 3.63) is 18.7 Å². The van der Waals surface area contributed by atoms with Crippen molar-refractivity contribution in [1.29, 1.82) is 0 Å². The van der Waals surface area contributed by atoms with Crippen LogP contribution in [0.1, 0.15) is 51.5 Å². The second kappa shape index (κ2) is 6.74. The van der Waals surface area contributed by atoms with Crippen molar-refractivity contribution in [3.8, 4) is 0 Å². The number of amides is 1. The zero-order valence-corrected chi connectivity index (χ0v) is 12.4. The Kier molecular flexibility index (Phi) is 4.98. The molecule has 0 aromatic carbocycles. The van der Waals surface area contributed by atoms with Crippen LogP contribution in [-0.2, 0) is 9.59 Å². The minimum atomic E-state index is -0.797. The second-order valence-corrected chi connectivity index (χ2v) is 5.87. The molecule has 0 spiro atoms. The third-order valence-corrected chi connectivity index (χ3v) is 4.38. The number of carbonyl (C=O) groups excluding carboxylic acids is 1. The second-order valence-electron chi connectivity index (χ2n) is 5.87. The van der Waals surface area contributed by atoms with Gasteiger partial charge in [-0.05, 0) is 19.3 Å². The number of carboxylic acids is 1. The molecule has 21 heavy (non-hydrogen) atoms. The van der Waals surface area contributed by atoms with Crippen molar-refractivity contribution >= 4 is 11.9 Å². The molecule has 1 amide bonds. The number of hydrogen-bond donors (Lipinski definition) is 2. The number of carbonyl (C=O) groups is 2. The average Bonchev–Trinajstić information content (AvgIpc) is 2.90. The molecule has 1 aromatic rings. The van der Waals surface area contributed by atoms with E-state index in [1.54, 1.807) is 12.5 Å². The minimum absolute atomic E-state index is 0.0830. The van der Waals surface area contributed by atoms with Crippen molar-refractivity contribution < 1.29 is 14.7 Å². The zero-order chi connectivity index (χ0) is 15.3. The molecule has 0 saturated heterocycles. The molecule has 2 N–H and O–H groups in total. The maximum absolute atomic E-state index is 12.1. The van der Waals surface area contributed by atoms with Crippen LogP contribution in [0.3, 0.4) is 0 Å². The van der Waals surface area contributed by atoms with Crippen molar-refractivity contribution in [2.24, 2.45) is 5.41 Å². The van der Waals surface area contributed by atoms with Crippen LogP contribution in [0.4, 0.5) is 0 Å². The molecule has 1 aromatic heterocycles. The quantitative estimate of drug-likeness (QED) is 0.767. The molecule has 0 aliphatic heterocycles. The first-order valence-electron chi connectivity index (χ1n) is 7.55. The fraction of sp³-hybridized carbons (Fsp3) is 0.667. The Morgan fingerprint density at radius 1 is 1.48 bits per heavy atom. The van der Waals surface area contributed by atoms with Crippen LogP contribution in [0.5, 0.6) is 0 Å². The van der Waals surface area contributed by atoms with Crippen LogP contribution in [0, 0.1) is 5.41 Å². The smallest absolute Gasteiger partial charge is 0.311 e. The van der Waals surface area contributed by atoms with Gasteiger partial charge in [-0.15, -0.1) is 0 Å². The topological polar surface area (TPSA) is 84.2 Å². The highest BCUT2D eigenvalue weighted by Crippen LogP contribution is 2.40. The standard InChI is InChI=1S/C15H23N3O3/c1-2-4-12(18-8-7-16-11-18)9-13(19)17-10-15(14(20)21)5-3-6-15/h7-8,11-12H,2-6,9-10H2,1H3,(H,17,19)(H,20,21). The minimum Gasteiger partial charge on any atom is -0.481 e. The third kappa shape index (κ3) is 3.62. The fourth-order valence-corrected chi connectivity index (χ4v) is 2.80. The maximum atomic E-state index is 12.1. The molecule has 6 heteroatoms. The molecule has 1 aliphatic rings. The van der Waals surface area contributed by atoms with E-state index in [-0.39, 0.29) is 18.5 Å². The molecule has 1 fully saturated rings. The summed E-state index contributed by atoms with van der Waals surface area (Å²) in [6.45, 7) is 2.32. The Bertz CT molecular complexity index is 480. The Morgan fingerprint density at radius 3 is 2.71 bits per heavy atom. The summed E-state index contributed by atoms with van der Waals surface area (Å²) < 4.78 is 1.94. The summed E-state index contributed by atoms with van der Waals surface area (Å²) in [5.74, 6) is -0.886. The van der Waals surface area contributed by atoms with Crippen molar-refractivity contribution in [2.45, 2.75) is 51.5 Å². The van der Waals surface area contributed by atoms with Gasteiger partial charge in [0.15, 0.2) is 0 Å². The lowest BCUT2D eigenvalue weighted by atomic mass is 9.69. The van der Waals surface area contributed by atoms with Gasteiger partial charge in [0.05, 0.1) is 11.7 Å². The van der Waals surface area contributed by atoms with E-state index in [1.165, 1.54) is 0 Å². The monoisotopic (exact) mass is 293 g/mol. The first kappa shape index (κ1) is 15.5. The number of carboxylic acid groups (broad SMARTS) is 1. The SMILES string of the molecule is CCCC(CC(=O)NCC1(C(=O)O)CCC1)n1ccnc1. The summed E-state index contributed by atoms with van der Waals surface area (Å²) in [5.41, 5.74) is -0.731. The third-order valence-electron chi connectivity index (χ3n) is 4.38. The van der Waals surface area contributed by atoms with E-state index >= 15 is 0 Å². The zero-order valence-electron chi connectivity index (χ0n) is 12.4. The number of imidazole rings is 1. The molecule has 0 radical (unpaired) electrons. The van der Waals surface area contributed by atoms with Crippen LogP contribution in [0.2, 0.25) is 0 Å². The first-order chi connectivity index (χ1) is 10.1. The average molecular weight is 293 g/mol. The molecule has 6 nitrogen and oxygen atoms in total. The molecular weight excluding hydrogens is 270 g/mol. The predicted molar refractivity (Wildman–Crippen MR) is 77.7 cm³/mol. The van der Waals surface area contributed by atoms with Gasteiger partial charge in [0.1, 0.15) is 0 Å². The number of hydrogen-bond acceptors (Lipinski definition) is 3. The van der Waals surface area contributed by atoms with Gasteiger partial charge in [-0.25, -0.2) is 4.98 Å². The first-order valence-corrected chi connectivity index (χ1v) is 7.55. The predicted octanol–water partition coefficient (Wildman–Crippen LogP) is 1.99. The van der Waals surface area contributed by atoms with E-state index in [0.717, 1.165) is 19.3 Å². The summed E-state index contributed by atoms with van der Waals surface area (Å²) in [7, 11) is 0. The van der Waals surface area contributed by atoms with E-state index in [0.29, 0.717) is 19.3 Å². The van der Waals surface area contributed by atoms with Gasteiger partial charge in [0.2, 0.25) is 5.91 Å². The number of rotatable bonds is 8. The largest absolute Gasteiger partial charge is 0.481 e. The van der Waals surface area contributed by atoms with Gasteiger partial charge in [0, 0.05) is 31.4 Å². The molecule has 1 heterocycles. The van der Waals surface area contributed by atoms with Crippen LogP contribution in [0.25, 0.3) is 0 Å². The Balaban J connectivity index is 1.86. The lowest BCUT2D eigenvalue weighted by Gasteiger charge is -2.37. The van der Waals surface area contributed by atoms with Crippen LogP contribution >= 0.6 is 0 Å². The van der Waals surface area contributed by atoms with E-state index in [2.05, 4.69) is 17.2 Å². The van der Waals surface area contributed by atoms with E-state index in [1.807, 2.05) is 10.8 Å². The fourth-order valence-electron chi connectivity index (χ4n) is 2.80. The molecule has 0 bridgehead atoms. The van der Waals surface area contributed by atoms with Gasteiger partial charge >= 0.3 is 5.97 Å². The molecule has 116 valence electrons. The molecule has 1 atom stereocenters. The van der Waals surface area contributed by atoms with Gasteiger partial charge in [-0.2, -0.15) is 0 Å². The van der Waals surface area contributed by atoms with Crippen LogP contribution in [-0.4, -0.2) is 33.1 Å². The summed E-state index contributed by atoms with van der Waals surface area (Å²) in [6, 6.07) is 0.0830. The molecular formula is C15H23N3O3. The summed E-state index contributed by atoms with van der Waals surface area (Å²) in [5, 5.41) is 12.1. The van der Waals surface area contributed by atoms with Gasteiger partial charge in [-0.1, -0.05) is 19.8 Å². The normalized spacial score (nSPS) is 17.8. The van der Waals surface area contributed by atoms with Crippen LogP contribution < -0.4 is 5.32 Å². The highest BCUT2D eigenvalue weighted by atomic mass is 16.4. The van der Waals surface area contributed by atoms with Gasteiger partial charge in [-0.3, -0.25) is 9.59 Å². The van der Waals surface area contributed by atoms with Crippen LogP contribution in [0.15, 0.2) is 18.7 Å². The number of aliphatic carboxylic acids is 1. The molecule has 1 saturated carbocycles. The molecule has 1 aliphatic carbocycles. The Labute approximate surface area is 124 Å². The number of aromatic nitrogens is 2. The van der Waals surface area contributed by atoms with E-state index in [9.17, 15) is 14.7 Å². The van der Waals surface area contributed by atoms with Crippen molar-refractivity contribution in [1.82, 2.24) is 14.9 Å². The summed E-state index contributed by atoms with van der Waals surface area (Å²) in [6.07, 6.45) is 9.76. The van der Waals surface area contributed by atoms with E-state index < -0.39 is 11.4 Å². The highest BCUT2D eigenvalue weighted by molar-refractivity contribution is 5.79. The summed E-state index contributed by atoms with van der Waals surface area (Å²) in [4.78, 5) is 27.4. The number of nitrogens with zero attached hydrogens (tertiary/aromatic N) is 2. The van der Waals surface area contributed by atoms with Gasteiger partial charge < -0.3 is 15.0 Å². The van der Waals surface area contributed by atoms with Gasteiger partial charge in [0.25, 0.3) is 0 Å². The lowest BCUT2D eigenvalue weighted by Crippen LogP contribution is -2.47. The van der Waals surface area contributed by atoms with Crippen molar-refractivity contribution in [3.63, 3.8) is 0 Å². The number of nitrogens with one attached hydrogen (secondary N) is 1. The van der Waals surface area contributed by atoms with Crippen molar-refractivity contribution in [2.75, 3.05) is 6.54 Å². The molecule has 1 unspecified atom stereocenters. The maximum Gasteiger partial charge on any atom is 0.311 e. The Hall–Kier alpha value is -1.85. The molecule has 2 rings (SSSR count). The Morgan fingerprint density at radius 2 is 2.24 bits per heavy atom. The lowest BCUT2D eigenvalue weighted by molar-refractivity contribution is -0.154.